The van der Waals surface area contributed by atoms with Gasteiger partial charge in [0.1, 0.15) is 22.5 Å². The fourth-order valence-electron chi connectivity index (χ4n) is 3.10. The third-order valence-corrected chi connectivity index (χ3v) is 5.83. The minimum absolute atomic E-state index is 0.0853. The number of esters is 1. The molecule has 0 aliphatic heterocycles. The van der Waals surface area contributed by atoms with E-state index in [1.807, 2.05) is 27.7 Å². The van der Waals surface area contributed by atoms with E-state index in [0.29, 0.717) is 15.9 Å². The number of fused-ring (bicyclic) bond motifs is 1. The molecule has 3 N–H and O–H groups in total. The summed E-state index contributed by atoms with van der Waals surface area (Å²) in [6.45, 7) is 8.40. The molecule has 9 nitrogen and oxygen atoms in total. The van der Waals surface area contributed by atoms with Crippen molar-refractivity contribution >= 4 is 40.2 Å². The number of aromatic amines is 1. The summed E-state index contributed by atoms with van der Waals surface area (Å²) in [6, 6.07) is 9.14. The number of nitrogens with zero attached hydrogens (tertiary/aromatic N) is 2. The maximum absolute atomic E-state index is 13.0. The van der Waals surface area contributed by atoms with E-state index in [2.05, 4.69) is 30.3 Å². The first-order chi connectivity index (χ1) is 18.0. The van der Waals surface area contributed by atoms with E-state index in [1.165, 1.54) is 43.1 Å². The van der Waals surface area contributed by atoms with E-state index < -0.39 is 17.8 Å². The molecule has 3 aromatic heterocycles. The van der Waals surface area contributed by atoms with Gasteiger partial charge in [0, 0.05) is 17.6 Å². The molecule has 37 heavy (non-hydrogen) atoms. The molecule has 1 aromatic carbocycles. The van der Waals surface area contributed by atoms with Crippen LogP contribution in [0, 0.1) is 5.82 Å². The third-order valence-electron chi connectivity index (χ3n) is 4.76. The number of carbonyl (C=O) groups is 3. The summed E-state index contributed by atoms with van der Waals surface area (Å²) >= 11 is 1.22. The van der Waals surface area contributed by atoms with Crippen LogP contribution in [0.4, 0.5) is 4.39 Å². The van der Waals surface area contributed by atoms with Gasteiger partial charge in [-0.15, -0.1) is 11.3 Å². The zero-order valence-electron chi connectivity index (χ0n) is 21.3. The van der Waals surface area contributed by atoms with Gasteiger partial charge in [0.25, 0.3) is 11.8 Å². The Kier molecular flexibility index (Phi) is 11.4. The van der Waals surface area contributed by atoms with Gasteiger partial charge in [-0.2, -0.15) is 0 Å². The van der Waals surface area contributed by atoms with Crippen molar-refractivity contribution in [1.82, 2.24) is 25.6 Å². The van der Waals surface area contributed by atoms with E-state index in [4.69, 9.17) is 0 Å². The Hall–Kier alpha value is -4.12. The maximum Gasteiger partial charge on any atom is 0.348 e. The average molecular weight is 528 g/mol. The predicted molar refractivity (Wildman–Crippen MR) is 141 cm³/mol. The molecule has 2 amide bonds. The largest absolute Gasteiger partial charge is 0.465 e. The molecule has 0 saturated carbocycles. The van der Waals surface area contributed by atoms with Crippen LogP contribution >= 0.6 is 11.3 Å². The second-order valence-corrected chi connectivity index (χ2v) is 8.07. The molecule has 4 aromatic rings. The van der Waals surface area contributed by atoms with Crippen molar-refractivity contribution in [2.75, 3.05) is 7.11 Å². The summed E-state index contributed by atoms with van der Waals surface area (Å²) in [5.74, 6) is -1.65. The molecule has 0 saturated heterocycles. The number of benzene rings is 1. The number of hydrogen-bond acceptors (Lipinski definition) is 7. The van der Waals surface area contributed by atoms with Gasteiger partial charge < -0.3 is 20.4 Å². The lowest BCUT2D eigenvalue weighted by Gasteiger charge is -2.06. The molecule has 4 rings (SSSR count). The Morgan fingerprint density at radius 3 is 2.30 bits per heavy atom. The van der Waals surface area contributed by atoms with E-state index in [9.17, 15) is 18.8 Å². The lowest BCUT2D eigenvalue weighted by Crippen LogP contribution is -2.24. The van der Waals surface area contributed by atoms with Crippen molar-refractivity contribution in [1.29, 1.82) is 0 Å². The van der Waals surface area contributed by atoms with Crippen LogP contribution in [-0.4, -0.2) is 39.8 Å². The maximum atomic E-state index is 13.0. The Bertz CT molecular complexity index is 1330. The topological polar surface area (TPSA) is 126 Å². The molecule has 196 valence electrons. The number of halogens is 1. The Morgan fingerprint density at radius 2 is 1.62 bits per heavy atom. The van der Waals surface area contributed by atoms with Crippen molar-refractivity contribution in [2.24, 2.45) is 0 Å². The highest BCUT2D eigenvalue weighted by Crippen LogP contribution is 2.20. The van der Waals surface area contributed by atoms with Crippen LogP contribution in [-0.2, 0) is 17.8 Å². The lowest BCUT2D eigenvalue weighted by molar-refractivity contribution is 0.0606. The fraction of sp³-hybridized carbons (Fsp3) is 0.269. The van der Waals surface area contributed by atoms with Crippen LogP contribution in [0.15, 0.2) is 48.9 Å². The van der Waals surface area contributed by atoms with E-state index in [0.717, 1.165) is 10.4 Å². The lowest BCUT2D eigenvalue weighted by atomic mass is 10.2. The number of aromatic nitrogens is 3. The smallest absolute Gasteiger partial charge is 0.348 e. The highest BCUT2D eigenvalue weighted by Gasteiger charge is 2.20. The molecule has 0 spiro atoms. The van der Waals surface area contributed by atoms with Crippen molar-refractivity contribution in [3.05, 3.63) is 81.3 Å². The van der Waals surface area contributed by atoms with Crippen LogP contribution in [0.25, 0.3) is 11.0 Å². The standard InChI is InChI=1S/C22H18FN5O4S.2C2H6/c1-32-22(31)16-7-6-14(33-16)9-26-20(29)15-10-24-18-17(15)27-11-28-19(18)21(30)25-8-12-2-4-13(23)5-3-12;2*1-2/h2-7,10-11,24H,8-9H2,1H3,(H,25,30)(H,26,29);2*1-2H3. The second kappa shape index (κ2) is 14.4. The molecule has 11 heteroatoms. The van der Waals surface area contributed by atoms with Crippen LogP contribution in [0.2, 0.25) is 0 Å². The minimum Gasteiger partial charge on any atom is -0.465 e. The van der Waals surface area contributed by atoms with Crippen LogP contribution in [0.1, 0.15) is 68.7 Å². The van der Waals surface area contributed by atoms with Gasteiger partial charge in [-0.05, 0) is 29.8 Å². The normalized spacial score (nSPS) is 9.89. The zero-order chi connectivity index (χ0) is 27.4. The minimum atomic E-state index is -0.463. The highest BCUT2D eigenvalue weighted by atomic mass is 32.1. The van der Waals surface area contributed by atoms with E-state index >= 15 is 0 Å². The number of hydrogen-bond donors (Lipinski definition) is 3. The number of amides is 2. The number of thiophene rings is 1. The number of rotatable bonds is 7. The quantitative estimate of drug-likeness (QED) is 0.295. The first kappa shape index (κ1) is 29.1. The Balaban J connectivity index is 0.00000115. The van der Waals surface area contributed by atoms with Gasteiger partial charge in [0.05, 0.1) is 24.7 Å². The van der Waals surface area contributed by atoms with Crippen molar-refractivity contribution < 1.29 is 23.5 Å². The summed E-state index contributed by atoms with van der Waals surface area (Å²) in [5, 5.41) is 5.49. The first-order valence-corrected chi connectivity index (χ1v) is 12.6. The molecular weight excluding hydrogens is 497 g/mol. The van der Waals surface area contributed by atoms with Crippen LogP contribution in [0.3, 0.4) is 0 Å². The summed E-state index contributed by atoms with van der Waals surface area (Å²) in [7, 11) is 1.31. The summed E-state index contributed by atoms with van der Waals surface area (Å²) in [6.07, 6.45) is 2.67. The highest BCUT2D eigenvalue weighted by molar-refractivity contribution is 7.13. The number of H-pyrrole nitrogens is 1. The second-order valence-electron chi connectivity index (χ2n) is 6.90. The van der Waals surface area contributed by atoms with Crippen molar-refractivity contribution in [2.45, 2.75) is 40.8 Å². The molecule has 0 bridgehead atoms. The molecule has 0 aliphatic rings. The summed E-state index contributed by atoms with van der Waals surface area (Å²) in [5.41, 5.74) is 1.69. The SMILES string of the molecule is CC.CC.COC(=O)c1ccc(CNC(=O)c2c[nH]c3c(C(=O)NCc4ccc(F)cc4)ncnc23)s1. The Morgan fingerprint density at radius 1 is 0.946 bits per heavy atom. The molecule has 0 aliphatic carbocycles. The predicted octanol–water partition coefficient (Wildman–Crippen LogP) is 4.86. The molecule has 0 unspecified atom stereocenters. The monoisotopic (exact) mass is 527 g/mol. The average Bonchev–Trinajstić information content (AvgIpc) is 3.60. The van der Waals surface area contributed by atoms with Crippen LogP contribution < -0.4 is 10.6 Å². The number of nitrogens with one attached hydrogen (secondary N) is 3. The molecule has 0 radical (unpaired) electrons. The molecule has 0 atom stereocenters. The van der Waals surface area contributed by atoms with Gasteiger partial charge in [-0.1, -0.05) is 39.8 Å². The van der Waals surface area contributed by atoms with Crippen LogP contribution in [0.5, 0.6) is 0 Å². The molecule has 0 fully saturated rings. The van der Waals surface area contributed by atoms with E-state index in [1.54, 1.807) is 24.3 Å². The first-order valence-electron chi connectivity index (χ1n) is 11.8. The Labute approximate surface area is 218 Å². The summed E-state index contributed by atoms with van der Waals surface area (Å²) < 4.78 is 17.7. The van der Waals surface area contributed by atoms with E-state index in [-0.39, 0.29) is 30.2 Å². The van der Waals surface area contributed by atoms with Gasteiger partial charge in [-0.3, -0.25) is 9.59 Å². The number of carbonyl (C=O) groups excluding carboxylic acids is 3. The van der Waals surface area contributed by atoms with Gasteiger partial charge in [0.15, 0.2) is 5.69 Å². The summed E-state index contributed by atoms with van der Waals surface area (Å²) in [4.78, 5) is 49.2. The fourth-order valence-corrected chi connectivity index (χ4v) is 3.96. The number of ether oxygens (including phenoxy) is 1. The van der Waals surface area contributed by atoms with Gasteiger partial charge in [-0.25, -0.2) is 19.2 Å². The van der Waals surface area contributed by atoms with Crippen molar-refractivity contribution in [3.8, 4) is 0 Å². The molecule has 3 heterocycles. The van der Waals surface area contributed by atoms with Crippen molar-refractivity contribution in [3.63, 3.8) is 0 Å². The number of methoxy groups -OCH3 is 1. The van der Waals surface area contributed by atoms with Gasteiger partial charge in [0.2, 0.25) is 0 Å². The third kappa shape index (κ3) is 7.43. The van der Waals surface area contributed by atoms with Gasteiger partial charge >= 0.3 is 5.97 Å². The molecular formula is C26H30FN5O4S. The zero-order valence-corrected chi connectivity index (χ0v) is 22.2.